The Bertz CT molecular complexity index is 1430. The number of benzene rings is 2. The summed E-state index contributed by atoms with van der Waals surface area (Å²) < 4.78 is 30.8. The lowest BCUT2D eigenvalue weighted by atomic mass is 10.0. The molecule has 1 fully saturated rings. The topological polar surface area (TPSA) is 105 Å². The first kappa shape index (κ1) is 23.3. The third-order valence-corrected chi connectivity index (χ3v) is 8.58. The summed E-state index contributed by atoms with van der Waals surface area (Å²) in [7, 11) is -4.01. The standard InChI is InChI=1S/C25H27N5O4S/c1-16-23(17(2)30(27-16)20-7-5-4-6-8-20)24-25(32)26-12-14-29(24)35(33,34)21-9-10-22-19(15-21)11-13-28(22)18(3)31/h4-10,15,24H,11-14H2,1-3H3,(H,26,32)/t24-/m0/s1. The maximum absolute atomic E-state index is 13.9. The van der Waals surface area contributed by atoms with Crippen molar-refractivity contribution in [3.8, 4) is 5.69 Å². The number of amides is 2. The number of nitrogens with one attached hydrogen (secondary N) is 1. The molecule has 0 saturated carbocycles. The molecule has 0 bridgehead atoms. The fourth-order valence-electron chi connectivity index (χ4n) is 5.05. The van der Waals surface area contributed by atoms with Crippen LogP contribution < -0.4 is 10.2 Å². The Kier molecular flexibility index (Phi) is 5.72. The van der Waals surface area contributed by atoms with E-state index in [0.717, 1.165) is 16.9 Å². The zero-order chi connectivity index (χ0) is 24.9. The maximum Gasteiger partial charge on any atom is 0.244 e. The fourth-order valence-corrected chi connectivity index (χ4v) is 6.66. The van der Waals surface area contributed by atoms with Crippen LogP contribution in [0.15, 0.2) is 53.4 Å². The molecule has 1 atom stereocenters. The average Bonchev–Trinajstić information content (AvgIpc) is 3.40. The molecule has 2 amide bonds. The third kappa shape index (κ3) is 3.82. The first-order valence-corrected chi connectivity index (χ1v) is 13.0. The molecule has 9 nitrogen and oxygen atoms in total. The van der Waals surface area contributed by atoms with Crippen LogP contribution in [0.5, 0.6) is 0 Å². The summed E-state index contributed by atoms with van der Waals surface area (Å²) in [6.45, 7) is 6.03. The smallest absolute Gasteiger partial charge is 0.244 e. The lowest BCUT2D eigenvalue weighted by molar-refractivity contribution is -0.127. The van der Waals surface area contributed by atoms with Gasteiger partial charge in [0.1, 0.15) is 6.04 Å². The predicted octanol–water partition coefficient (Wildman–Crippen LogP) is 2.26. The molecule has 3 heterocycles. The first-order valence-electron chi connectivity index (χ1n) is 11.5. The fraction of sp³-hybridized carbons (Fsp3) is 0.320. The van der Waals surface area contributed by atoms with Gasteiger partial charge in [-0.2, -0.15) is 9.40 Å². The number of piperazine rings is 1. The molecular formula is C25H27N5O4S. The van der Waals surface area contributed by atoms with Crippen molar-refractivity contribution in [2.24, 2.45) is 0 Å². The second-order valence-corrected chi connectivity index (χ2v) is 10.7. The Balaban J connectivity index is 1.57. The van der Waals surface area contributed by atoms with Crippen LogP contribution >= 0.6 is 0 Å². The van der Waals surface area contributed by atoms with Gasteiger partial charge in [0.05, 0.1) is 16.3 Å². The Morgan fingerprint density at radius 1 is 1.09 bits per heavy atom. The van der Waals surface area contributed by atoms with Crippen LogP contribution in [0.1, 0.15) is 35.5 Å². The summed E-state index contributed by atoms with van der Waals surface area (Å²) in [5.41, 5.74) is 4.27. The van der Waals surface area contributed by atoms with Crippen molar-refractivity contribution in [2.45, 2.75) is 38.1 Å². The summed E-state index contributed by atoms with van der Waals surface area (Å²) in [4.78, 5) is 26.8. The van der Waals surface area contributed by atoms with E-state index in [-0.39, 0.29) is 29.8 Å². The molecule has 2 aliphatic heterocycles. The van der Waals surface area contributed by atoms with E-state index in [4.69, 9.17) is 0 Å². The summed E-state index contributed by atoms with van der Waals surface area (Å²) in [5, 5.41) is 7.45. The maximum atomic E-state index is 13.9. The molecule has 0 aliphatic carbocycles. The van der Waals surface area contributed by atoms with Crippen molar-refractivity contribution in [3.05, 3.63) is 71.0 Å². The Morgan fingerprint density at radius 3 is 2.54 bits per heavy atom. The van der Waals surface area contributed by atoms with Gasteiger partial charge in [-0.3, -0.25) is 9.59 Å². The van der Waals surface area contributed by atoms with Gasteiger partial charge in [0.25, 0.3) is 0 Å². The molecule has 3 aromatic rings. The van der Waals surface area contributed by atoms with Crippen LogP contribution in [-0.4, -0.2) is 54.0 Å². The zero-order valence-electron chi connectivity index (χ0n) is 19.9. The van der Waals surface area contributed by atoms with Gasteiger partial charge in [0, 0.05) is 43.5 Å². The SMILES string of the molecule is CC(=O)N1CCc2cc(S(=O)(=O)N3CCNC(=O)[C@@H]3c3c(C)nn(-c4ccccc4)c3C)ccc21. The lowest BCUT2D eigenvalue weighted by Gasteiger charge is -2.34. The number of nitrogens with zero attached hydrogens (tertiary/aromatic N) is 4. The van der Waals surface area contributed by atoms with Gasteiger partial charge in [-0.05, 0) is 56.2 Å². The average molecular weight is 494 g/mol. The highest BCUT2D eigenvalue weighted by atomic mass is 32.2. The van der Waals surface area contributed by atoms with Crippen LogP contribution in [0.25, 0.3) is 5.69 Å². The highest BCUT2D eigenvalue weighted by Gasteiger charge is 2.42. The van der Waals surface area contributed by atoms with E-state index in [1.807, 2.05) is 37.3 Å². The minimum atomic E-state index is -4.01. The van der Waals surface area contributed by atoms with Crippen molar-refractivity contribution >= 4 is 27.5 Å². The van der Waals surface area contributed by atoms with Gasteiger partial charge >= 0.3 is 0 Å². The normalized spacial score (nSPS) is 18.4. The highest BCUT2D eigenvalue weighted by molar-refractivity contribution is 7.89. The van der Waals surface area contributed by atoms with Gasteiger partial charge < -0.3 is 10.2 Å². The van der Waals surface area contributed by atoms with E-state index in [9.17, 15) is 18.0 Å². The van der Waals surface area contributed by atoms with Crippen molar-refractivity contribution in [1.82, 2.24) is 19.4 Å². The van der Waals surface area contributed by atoms with E-state index in [1.54, 1.807) is 28.6 Å². The van der Waals surface area contributed by atoms with Crippen molar-refractivity contribution in [1.29, 1.82) is 0 Å². The highest BCUT2D eigenvalue weighted by Crippen LogP contribution is 2.36. The van der Waals surface area contributed by atoms with Crippen molar-refractivity contribution in [2.75, 3.05) is 24.5 Å². The number of anilines is 1. The van der Waals surface area contributed by atoms with Gasteiger partial charge in [0.15, 0.2) is 0 Å². The molecule has 2 aliphatic rings. The number of carbonyl (C=O) groups excluding carboxylic acids is 2. The molecule has 1 N–H and O–H groups in total. The number of aryl methyl sites for hydroxylation is 1. The molecule has 182 valence electrons. The summed E-state index contributed by atoms with van der Waals surface area (Å²) in [5.74, 6) is -0.448. The number of fused-ring (bicyclic) bond motifs is 1. The van der Waals surface area contributed by atoms with E-state index >= 15 is 0 Å². The van der Waals surface area contributed by atoms with Crippen molar-refractivity contribution in [3.63, 3.8) is 0 Å². The Morgan fingerprint density at radius 2 is 1.83 bits per heavy atom. The van der Waals surface area contributed by atoms with Gasteiger partial charge in [-0.1, -0.05) is 18.2 Å². The minimum Gasteiger partial charge on any atom is -0.353 e. The van der Waals surface area contributed by atoms with Crippen LogP contribution in [-0.2, 0) is 26.0 Å². The van der Waals surface area contributed by atoms with Crippen LogP contribution in [0, 0.1) is 13.8 Å². The van der Waals surface area contributed by atoms with Crippen LogP contribution in [0.4, 0.5) is 5.69 Å². The molecular weight excluding hydrogens is 466 g/mol. The van der Waals surface area contributed by atoms with Crippen LogP contribution in [0.3, 0.4) is 0 Å². The lowest BCUT2D eigenvalue weighted by Crippen LogP contribution is -2.52. The number of hydrogen-bond donors (Lipinski definition) is 1. The third-order valence-electron chi connectivity index (χ3n) is 6.72. The molecule has 0 spiro atoms. The van der Waals surface area contributed by atoms with Crippen molar-refractivity contribution < 1.29 is 18.0 Å². The minimum absolute atomic E-state index is 0.0755. The summed E-state index contributed by atoms with van der Waals surface area (Å²) in [6.07, 6.45) is 0.588. The summed E-state index contributed by atoms with van der Waals surface area (Å²) >= 11 is 0. The number of aromatic nitrogens is 2. The van der Waals surface area contributed by atoms with Gasteiger partial charge in [-0.25, -0.2) is 13.1 Å². The number of hydrogen-bond acceptors (Lipinski definition) is 5. The number of para-hydroxylation sites is 1. The second-order valence-electron chi connectivity index (χ2n) is 8.85. The predicted molar refractivity (Wildman–Crippen MR) is 131 cm³/mol. The number of carbonyl (C=O) groups is 2. The molecule has 10 heteroatoms. The Labute approximate surface area is 204 Å². The first-order chi connectivity index (χ1) is 16.7. The van der Waals surface area contributed by atoms with E-state index < -0.39 is 16.1 Å². The molecule has 35 heavy (non-hydrogen) atoms. The van der Waals surface area contributed by atoms with Gasteiger partial charge in [-0.15, -0.1) is 0 Å². The van der Waals surface area contributed by atoms with Gasteiger partial charge in [0.2, 0.25) is 21.8 Å². The van der Waals surface area contributed by atoms with Crippen LogP contribution in [0.2, 0.25) is 0 Å². The zero-order valence-corrected chi connectivity index (χ0v) is 20.7. The molecule has 1 aromatic heterocycles. The van der Waals surface area contributed by atoms with E-state index in [0.29, 0.717) is 29.9 Å². The molecule has 0 unspecified atom stereocenters. The molecule has 0 radical (unpaired) electrons. The molecule has 5 rings (SSSR count). The largest absolute Gasteiger partial charge is 0.353 e. The monoisotopic (exact) mass is 493 g/mol. The number of sulfonamides is 1. The molecule has 2 aromatic carbocycles. The second kappa shape index (κ2) is 8.62. The van der Waals surface area contributed by atoms with E-state index in [1.165, 1.54) is 17.3 Å². The quantitative estimate of drug-likeness (QED) is 0.600. The molecule has 1 saturated heterocycles. The Hall–Kier alpha value is -3.50. The summed E-state index contributed by atoms with van der Waals surface area (Å²) in [6, 6.07) is 13.3. The number of rotatable bonds is 4. The van der Waals surface area contributed by atoms with E-state index in [2.05, 4.69) is 10.4 Å².